The van der Waals surface area contributed by atoms with Crippen LogP contribution in [0.15, 0.2) is 0 Å². The van der Waals surface area contributed by atoms with E-state index in [2.05, 4.69) is 0 Å². The molecule has 18 heavy (non-hydrogen) atoms. The molecule has 2 heterocycles. The maximum Gasteiger partial charge on any atom is 0.216 e. The summed E-state index contributed by atoms with van der Waals surface area (Å²) in [5.41, 5.74) is 5.95. The van der Waals surface area contributed by atoms with Gasteiger partial charge in [0.1, 0.15) is 0 Å². The van der Waals surface area contributed by atoms with Crippen LogP contribution in [0.25, 0.3) is 0 Å². The smallest absolute Gasteiger partial charge is 0.216 e. The molecular weight excluding hydrogens is 252 g/mol. The van der Waals surface area contributed by atoms with E-state index < -0.39 is 10.0 Å². The van der Waals surface area contributed by atoms with Crippen LogP contribution >= 0.6 is 0 Å². The monoisotopic (exact) mass is 276 g/mol. The van der Waals surface area contributed by atoms with Crippen LogP contribution in [0.4, 0.5) is 0 Å². The number of hydrogen-bond donors (Lipinski definition) is 1. The first-order valence-electron chi connectivity index (χ1n) is 6.78. The van der Waals surface area contributed by atoms with Crippen LogP contribution in [0.2, 0.25) is 0 Å². The number of hydrogen-bond acceptors (Lipinski definition) is 4. The van der Waals surface area contributed by atoms with Crippen molar-refractivity contribution in [2.45, 2.75) is 63.8 Å². The highest BCUT2D eigenvalue weighted by molar-refractivity contribution is 7.89. The summed E-state index contributed by atoms with van der Waals surface area (Å²) in [7, 11) is -3.19. The standard InChI is InChI=1S/C12H24N2O3S/c1-9(2)17-5-6-18(15,16)14-11-3-4-12(14)8-10(13)7-11/h9-12H,3-8,13H2,1-2H3. The van der Waals surface area contributed by atoms with Crippen molar-refractivity contribution in [2.24, 2.45) is 5.73 Å². The van der Waals surface area contributed by atoms with Crippen LogP contribution < -0.4 is 5.73 Å². The van der Waals surface area contributed by atoms with Gasteiger partial charge in [-0.2, -0.15) is 4.31 Å². The van der Waals surface area contributed by atoms with Crippen molar-refractivity contribution in [3.8, 4) is 0 Å². The van der Waals surface area contributed by atoms with Crippen LogP contribution in [0, 0.1) is 0 Å². The highest BCUT2D eigenvalue weighted by Crippen LogP contribution is 2.37. The molecule has 5 nitrogen and oxygen atoms in total. The van der Waals surface area contributed by atoms with Gasteiger partial charge in [0.2, 0.25) is 10.0 Å². The summed E-state index contributed by atoms with van der Waals surface area (Å²) in [5, 5.41) is 0. The number of rotatable bonds is 5. The number of sulfonamides is 1. The fraction of sp³-hybridized carbons (Fsp3) is 1.00. The normalized spacial score (nSPS) is 33.2. The molecule has 0 radical (unpaired) electrons. The number of nitrogens with zero attached hydrogens (tertiary/aromatic N) is 1. The van der Waals surface area contributed by atoms with Crippen molar-refractivity contribution in [3.05, 3.63) is 0 Å². The van der Waals surface area contributed by atoms with Crippen LogP contribution in [0.5, 0.6) is 0 Å². The van der Waals surface area contributed by atoms with Gasteiger partial charge >= 0.3 is 0 Å². The van der Waals surface area contributed by atoms with Gasteiger partial charge in [0.15, 0.2) is 0 Å². The maximum atomic E-state index is 12.3. The Kier molecular flexibility index (Phi) is 4.31. The number of fused-ring (bicyclic) bond motifs is 2. The highest BCUT2D eigenvalue weighted by atomic mass is 32.2. The zero-order valence-electron chi connectivity index (χ0n) is 11.2. The molecule has 2 atom stereocenters. The second kappa shape index (κ2) is 5.45. The van der Waals surface area contributed by atoms with Gasteiger partial charge in [0, 0.05) is 18.1 Å². The van der Waals surface area contributed by atoms with Gasteiger partial charge in [0.25, 0.3) is 0 Å². The average molecular weight is 276 g/mol. The van der Waals surface area contributed by atoms with Crippen molar-refractivity contribution in [2.75, 3.05) is 12.4 Å². The zero-order chi connectivity index (χ0) is 13.3. The third-order valence-corrected chi connectivity index (χ3v) is 5.74. The maximum absolute atomic E-state index is 12.3. The molecule has 2 unspecified atom stereocenters. The summed E-state index contributed by atoms with van der Waals surface area (Å²) >= 11 is 0. The second-order valence-electron chi connectivity index (χ2n) is 5.68. The van der Waals surface area contributed by atoms with Gasteiger partial charge in [-0.05, 0) is 39.5 Å². The van der Waals surface area contributed by atoms with Crippen LogP contribution in [0.1, 0.15) is 39.5 Å². The predicted octanol–water partition coefficient (Wildman–Crippen LogP) is 0.695. The molecule has 2 rings (SSSR count). The van der Waals surface area contributed by atoms with Crippen molar-refractivity contribution >= 4 is 10.0 Å². The lowest BCUT2D eigenvalue weighted by molar-refractivity contribution is 0.0901. The first kappa shape index (κ1) is 14.2. The van der Waals surface area contributed by atoms with E-state index in [1.165, 1.54) is 0 Å². The predicted molar refractivity (Wildman–Crippen MR) is 70.7 cm³/mol. The molecule has 6 heteroatoms. The van der Waals surface area contributed by atoms with Crippen molar-refractivity contribution in [1.29, 1.82) is 0 Å². The Morgan fingerprint density at radius 1 is 1.28 bits per heavy atom. The molecule has 2 aliphatic rings. The molecule has 2 fully saturated rings. The SMILES string of the molecule is CC(C)OCCS(=O)(=O)N1C2CCC1CC(N)C2. The minimum absolute atomic E-state index is 0.0756. The van der Waals surface area contributed by atoms with Crippen LogP contribution in [0.3, 0.4) is 0 Å². The summed E-state index contributed by atoms with van der Waals surface area (Å²) in [6, 6.07) is 0.423. The van der Waals surface area contributed by atoms with Gasteiger partial charge in [-0.15, -0.1) is 0 Å². The first-order valence-corrected chi connectivity index (χ1v) is 8.39. The van der Waals surface area contributed by atoms with Crippen LogP contribution in [-0.2, 0) is 14.8 Å². The first-order chi connectivity index (χ1) is 8.40. The summed E-state index contributed by atoms with van der Waals surface area (Å²) in [6.45, 7) is 4.11. The molecule has 0 aromatic carbocycles. The minimum Gasteiger partial charge on any atom is -0.378 e. The lowest BCUT2D eigenvalue weighted by Crippen LogP contribution is -2.51. The Morgan fingerprint density at radius 2 is 1.83 bits per heavy atom. The zero-order valence-corrected chi connectivity index (χ0v) is 12.0. The van der Waals surface area contributed by atoms with E-state index in [4.69, 9.17) is 10.5 Å². The van der Waals surface area contributed by atoms with E-state index in [9.17, 15) is 8.42 Å². The topological polar surface area (TPSA) is 72.6 Å². The molecule has 2 N–H and O–H groups in total. The van der Waals surface area contributed by atoms with Gasteiger partial charge in [-0.3, -0.25) is 0 Å². The van der Waals surface area contributed by atoms with Gasteiger partial charge in [-0.25, -0.2) is 8.42 Å². The molecule has 0 amide bonds. The third kappa shape index (κ3) is 3.04. The summed E-state index contributed by atoms with van der Waals surface area (Å²) in [6.07, 6.45) is 3.61. The lowest BCUT2D eigenvalue weighted by atomic mass is 10.0. The molecule has 0 spiro atoms. The summed E-state index contributed by atoms with van der Waals surface area (Å²) in [5.74, 6) is 0.0907. The molecule has 0 aromatic rings. The van der Waals surface area contributed by atoms with E-state index in [-0.39, 0.29) is 36.6 Å². The average Bonchev–Trinajstić information content (AvgIpc) is 2.52. The van der Waals surface area contributed by atoms with Gasteiger partial charge < -0.3 is 10.5 Å². The Labute approximate surface area is 110 Å². The molecular formula is C12H24N2O3S. The van der Waals surface area contributed by atoms with Crippen molar-refractivity contribution in [1.82, 2.24) is 4.31 Å². The minimum atomic E-state index is -3.19. The van der Waals surface area contributed by atoms with E-state index in [0.717, 1.165) is 25.7 Å². The fourth-order valence-corrected chi connectivity index (χ4v) is 4.93. The van der Waals surface area contributed by atoms with Crippen molar-refractivity contribution < 1.29 is 13.2 Å². The quantitative estimate of drug-likeness (QED) is 0.802. The lowest BCUT2D eigenvalue weighted by Gasteiger charge is -2.36. The largest absolute Gasteiger partial charge is 0.378 e. The van der Waals surface area contributed by atoms with Gasteiger partial charge in [0.05, 0.1) is 18.5 Å². The Morgan fingerprint density at radius 3 is 2.33 bits per heavy atom. The molecule has 0 aromatic heterocycles. The van der Waals surface area contributed by atoms with E-state index in [1.807, 2.05) is 13.8 Å². The van der Waals surface area contributed by atoms with Crippen molar-refractivity contribution in [3.63, 3.8) is 0 Å². The molecule has 0 saturated carbocycles. The second-order valence-corrected chi connectivity index (χ2v) is 7.68. The van der Waals surface area contributed by atoms with Gasteiger partial charge in [-0.1, -0.05) is 0 Å². The molecule has 106 valence electrons. The fourth-order valence-electron chi connectivity index (χ4n) is 3.12. The highest BCUT2D eigenvalue weighted by Gasteiger charge is 2.45. The molecule has 2 saturated heterocycles. The number of piperidine rings is 1. The number of ether oxygens (including phenoxy) is 1. The third-order valence-electron chi connectivity index (χ3n) is 3.82. The van der Waals surface area contributed by atoms with Crippen LogP contribution in [-0.4, -0.2) is 49.3 Å². The molecule has 2 bridgehead atoms. The van der Waals surface area contributed by atoms with E-state index in [0.29, 0.717) is 0 Å². The number of nitrogens with two attached hydrogens (primary N) is 1. The van der Waals surface area contributed by atoms with E-state index >= 15 is 0 Å². The Balaban J connectivity index is 1.98. The molecule has 2 aliphatic heterocycles. The van der Waals surface area contributed by atoms with E-state index in [1.54, 1.807) is 4.31 Å². The molecule has 0 aliphatic carbocycles. The summed E-state index contributed by atoms with van der Waals surface area (Å²) < 4.78 is 31.8. The Bertz CT molecular complexity index is 369. The Hall–Kier alpha value is -0.170. The summed E-state index contributed by atoms with van der Waals surface area (Å²) in [4.78, 5) is 0.